The number of hydrogen-bond donors (Lipinski definition) is 1. The van der Waals surface area contributed by atoms with Crippen LogP contribution in [0.5, 0.6) is 11.5 Å². The predicted octanol–water partition coefficient (Wildman–Crippen LogP) is 6.58. The van der Waals surface area contributed by atoms with Gasteiger partial charge in [0.25, 0.3) is 0 Å². The molecular formula is C32H37N3O2. The van der Waals surface area contributed by atoms with Gasteiger partial charge < -0.3 is 19.5 Å². The standard InChI is InChI=1S/C32H37N3O2/c1-2-35-24-30(28-16-7-8-17-31(28)35)29(23-32(36)33-18-21-34-19-9-4-10-20-34)25-12-11-15-27(22-25)37-26-13-5-3-6-14-26/h3,5-8,11-17,22,24,29H,2,4,9-10,18-21,23H2,1H3,(H,33,36). The summed E-state index contributed by atoms with van der Waals surface area (Å²) in [5.41, 5.74) is 3.46. The summed E-state index contributed by atoms with van der Waals surface area (Å²) in [6.45, 7) is 6.94. The Morgan fingerprint density at radius 1 is 0.919 bits per heavy atom. The van der Waals surface area contributed by atoms with E-state index in [0.717, 1.165) is 43.2 Å². The number of aromatic nitrogens is 1. The van der Waals surface area contributed by atoms with Crippen LogP contribution in [0.2, 0.25) is 0 Å². The molecule has 5 heteroatoms. The molecule has 0 bridgehead atoms. The Bertz CT molecular complexity index is 1310. The number of amides is 1. The fraction of sp³-hybridized carbons (Fsp3) is 0.344. The number of fused-ring (bicyclic) bond motifs is 1. The quantitative estimate of drug-likeness (QED) is 0.270. The lowest BCUT2D eigenvalue weighted by Crippen LogP contribution is -2.38. The predicted molar refractivity (Wildman–Crippen MR) is 150 cm³/mol. The third-order valence-electron chi connectivity index (χ3n) is 7.36. The summed E-state index contributed by atoms with van der Waals surface area (Å²) in [6, 6.07) is 26.5. The normalized spacial score (nSPS) is 14.9. The molecule has 5 nitrogen and oxygen atoms in total. The maximum Gasteiger partial charge on any atom is 0.220 e. The second-order valence-corrected chi connectivity index (χ2v) is 9.88. The first-order chi connectivity index (χ1) is 18.2. The molecule has 1 aliphatic rings. The third-order valence-corrected chi connectivity index (χ3v) is 7.36. The minimum Gasteiger partial charge on any atom is -0.457 e. The number of rotatable bonds is 10. The van der Waals surface area contributed by atoms with E-state index < -0.39 is 0 Å². The Kier molecular flexibility index (Phi) is 8.21. The zero-order chi connectivity index (χ0) is 25.5. The van der Waals surface area contributed by atoms with Crippen molar-refractivity contribution in [2.45, 2.75) is 45.1 Å². The summed E-state index contributed by atoms with van der Waals surface area (Å²) in [4.78, 5) is 15.7. The van der Waals surface area contributed by atoms with Gasteiger partial charge >= 0.3 is 0 Å². The van der Waals surface area contributed by atoms with Gasteiger partial charge in [-0.15, -0.1) is 0 Å². The number of carbonyl (C=O) groups excluding carboxylic acids is 1. The Labute approximate surface area is 220 Å². The van der Waals surface area contributed by atoms with Crippen LogP contribution in [0.25, 0.3) is 10.9 Å². The van der Waals surface area contributed by atoms with Gasteiger partial charge in [-0.2, -0.15) is 0 Å². The fourth-order valence-electron chi connectivity index (χ4n) is 5.44. The van der Waals surface area contributed by atoms with Gasteiger partial charge in [0.15, 0.2) is 0 Å². The van der Waals surface area contributed by atoms with Crippen molar-refractivity contribution in [3.8, 4) is 11.5 Å². The van der Waals surface area contributed by atoms with Crippen molar-refractivity contribution in [2.24, 2.45) is 0 Å². The molecule has 1 aromatic heterocycles. The van der Waals surface area contributed by atoms with Crippen molar-refractivity contribution in [3.63, 3.8) is 0 Å². The van der Waals surface area contributed by atoms with Gasteiger partial charge in [-0.1, -0.05) is 55.0 Å². The number of piperidine rings is 1. The average molecular weight is 496 g/mol. The molecule has 5 rings (SSSR count). The van der Waals surface area contributed by atoms with Crippen LogP contribution in [0, 0.1) is 0 Å². The van der Waals surface area contributed by atoms with Crippen LogP contribution in [0.4, 0.5) is 0 Å². The zero-order valence-corrected chi connectivity index (χ0v) is 21.7. The molecule has 1 fully saturated rings. The number of hydrogen-bond acceptors (Lipinski definition) is 3. The van der Waals surface area contributed by atoms with Crippen molar-refractivity contribution >= 4 is 16.8 Å². The molecule has 1 unspecified atom stereocenters. The van der Waals surface area contributed by atoms with Gasteiger partial charge in [0.1, 0.15) is 11.5 Å². The smallest absolute Gasteiger partial charge is 0.220 e. The van der Waals surface area contributed by atoms with Crippen molar-refractivity contribution in [1.82, 2.24) is 14.8 Å². The molecule has 0 spiro atoms. The molecule has 1 atom stereocenters. The van der Waals surface area contributed by atoms with Gasteiger partial charge in [-0.25, -0.2) is 0 Å². The summed E-state index contributed by atoms with van der Waals surface area (Å²) in [6.07, 6.45) is 6.47. The van der Waals surface area contributed by atoms with Crippen LogP contribution in [0.1, 0.15) is 49.7 Å². The molecule has 0 radical (unpaired) electrons. The highest BCUT2D eigenvalue weighted by Gasteiger charge is 2.23. The zero-order valence-electron chi connectivity index (χ0n) is 21.7. The van der Waals surface area contributed by atoms with Crippen molar-refractivity contribution in [1.29, 1.82) is 0 Å². The molecule has 1 aliphatic heterocycles. The maximum atomic E-state index is 13.3. The van der Waals surface area contributed by atoms with E-state index in [4.69, 9.17) is 4.74 Å². The minimum absolute atomic E-state index is 0.0768. The van der Waals surface area contributed by atoms with Crippen LogP contribution < -0.4 is 10.1 Å². The molecule has 4 aromatic rings. The number of nitrogens with zero attached hydrogens (tertiary/aromatic N) is 2. The van der Waals surface area contributed by atoms with Gasteiger partial charge in [0.05, 0.1) is 0 Å². The second kappa shape index (κ2) is 12.1. The summed E-state index contributed by atoms with van der Waals surface area (Å²) < 4.78 is 8.42. The molecule has 0 saturated carbocycles. The highest BCUT2D eigenvalue weighted by molar-refractivity contribution is 5.86. The molecule has 3 aromatic carbocycles. The third kappa shape index (κ3) is 6.23. The molecular weight excluding hydrogens is 458 g/mol. The van der Waals surface area contributed by atoms with Crippen LogP contribution in [-0.4, -0.2) is 41.6 Å². The van der Waals surface area contributed by atoms with Crippen LogP contribution in [0.3, 0.4) is 0 Å². The van der Waals surface area contributed by atoms with E-state index in [1.165, 1.54) is 35.7 Å². The number of carbonyl (C=O) groups is 1. The van der Waals surface area contributed by atoms with Crippen LogP contribution in [0.15, 0.2) is 85.1 Å². The van der Waals surface area contributed by atoms with Crippen LogP contribution in [-0.2, 0) is 11.3 Å². The second-order valence-electron chi connectivity index (χ2n) is 9.88. The molecule has 37 heavy (non-hydrogen) atoms. The Balaban J connectivity index is 1.40. The fourth-order valence-corrected chi connectivity index (χ4v) is 5.44. The van der Waals surface area contributed by atoms with Gasteiger partial charge in [0.2, 0.25) is 5.91 Å². The first kappa shape index (κ1) is 25.1. The summed E-state index contributed by atoms with van der Waals surface area (Å²) >= 11 is 0. The first-order valence-corrected chi connectivity index (χ1v) is 13.6. The molecule has 1 N–H and O–H groups in total. The van der Waals surface area contributed by atoms with Gasteiger partial charge in [-0.05, 0) is 74.3 Å². The van der Waals surface area contributed by atoms with E-state index in [9.17, 15) is 4.79 Å². The Morgan fingerprint density at radius 2 is 1.68 bits per heavy atom. The van der Waals surface area contributed by atoms with Crippen LogP contribution >= 0.6 is 0 Å². The molecule has 192 valence electrons. The molecule has 2 heterocycles. The monoisotopic (exact) mass is 495 g/mol. The molecule has 1 amide bonds. The Hall–Kier alpha value is -3.57. The number of likely N-dealkylation sites (tertiary alicyclic amines) is 1. The van der Waals surface area contributed by atoms with E-state index in [1.54, 1.807) is 0 Å². The van der Waals surface area contributed by atoms with E-state index in [0.29, 0.717) is 13.0 Å². The maximum absolute atomic E-state index is 13.3. The summed E-state index contributed by atoms with van der Waals surface area (Å²) in [5, 5.41) is 4.40. The lowest BCUT2D eigenvalue weighted by atomic mass is 9.88. The van der Waals surface area contributed by atoms with E-state index in [2.05, 4.69) is 64.3 Å². The van der Waals surface area contributed by atoms with E-state index >= 15 is 0 Å². The van der Waals surface area contributed by atoms with Gasteiger partial charge in [0, 0.05) is 49.1 Å². The highest BCUT2D eigenvalue weighted by atomic mass is 16.5. The largest absolute Gasteiger partial charge is 0.457 e. The summed E-state index contributed by atoms with van der Waals surface area (Å²) in [5.74, 6) is 1.59. The average Bonchev–Trinajstić information content (AvgIpc) is 3.32. The van der Waals surface area contributed by atoms with Crippen molar-refractivity contribution in [2.75, 3.05) is 26.2 Å². The minimum atomic E-state index is -0.0768. The van der Waals surface area contributed by atoms with Gasteiger partial charge in [-0.3, -0.25) is 4.79 Å². The van der Waals surface area contributed by atoms with E-state index in [1.807, 2.05) is 42.5 Å². The number of nitrogens with one attached hydrogen (secondary N) is 1. The summed E-state index contributed by atoms with van der Waals surface area (Å²) in [7, 11) is 0. The lowest BCUT2D eigenvalue weighted by molar-refractivity contribution is -0.121. The Morgan fingerprint density at radius 3 is 2.49 bits per heavy atom. The van der Waals surface area contributed by atoms with Crippen molar-refractivity contribution in [3.05, 3.63) is 96.2 Å². The molecule has 0 aliphatic carbocycles. The topological polar surface area (TPSA) is 46.5 Å². The number of ether oxygens (including phenoxy) is 1. The van der Waals surface area contributed by atoms with E-state index in [-0.39, 0.29) is 11.8 Å². The number of benzene rings is 3. The molecule has 1 saturated heterocycles. The van der Waals surface area contributed by atoms with Crippen molar-refractivity contribution < 1.29 is 9.53 Å². The number of aryl methyl sites for hydroxylation is 1. The highest BCUT2D eigenvalue weighted by Crippen LogP contribution is 2.36. The lowest BCUT2D eigenvalue weighted by Gasteiger charge is -2.26. The number of para-hydroxylation sites is 2. The SMILES string of the molecule is CCn1cc(C(CC(=O)NCCN2CCCCC2)c2cccc(Oc3ccccc3)c2)c2ccccc21. The first-order valence-electron chi connectivity index (χ1n) is 13.6.